The first-order valence-electron chi connectivity index (χ1n) is 14.3. The largest absolute Gasteiger partial charge is 0.489 e. The van der Waals surface area contributed by atoms with E-state index in [0.717, 1.165) is 45.3 Å². The zero-order valence-electron chi connectivity index (χ0n) is 24.1. The van der Waals surface area contributed by atoms with E-state index in [1.807, 2.05) is 36.4 Å². The number of hydrogen-bond acceptors (Lipinski definition) is 3. The molecule has 0 aromatic heterocycles. The molecule has 39 heavy (non-hydrogen) atoms. The summed E-state index contributed by atoms with van der Waals surface area (Å²) < 4.78 is 14.0. The monoisotopic (exact) mass is 606 g/mol. The number of rotatable bonds is 11. The Morgan fingerprint density at radius 2 is 1.62 bits per heavy atom. The topological polar surface area (TPSA) is 35.5 Å². The lowest BCUT2D eigenvalue weighted by Gasteiger charge is -2.36. The minimum atomic E-state index is -2.01. The average Bonchev–Trinajstić information content (AvgIpc) is 3.41. The summed E-state index contributed by atoms with van der Waals surface area (Å²) in [6, 6.07) is 24.7. The van der Waals surface area contributed by atoms with E-state index in [-0.39, 0.29) is 11.0 Å². The molecule has 0 N–H and O–H groups in total. The fraction of sp³-hybridized carbons (Fsp3) is 0.441. The number of carbonyl (C=O) groups excluding carboxylic acids is 1. The molecule has 0 spiro atoms. The molecule has 208 valence electrons. The molecule has 1 aliphatic carbocycles. The van der Waals surface area contributed by atoms with E-state index in [2.05, 4.69) is 86.2 Å². The predicted molar refractivity (Wildman–Crippen MR) is 167 cm³/mol. The standard InChI is InChI=1S/C34H43BrO3Si/c1-34(2,3)39(4,5)38-24-28-22-30(37-23-26-13-7-6-8-14-26)19-20-31(28)33(27-15-17-29(35)18-16-27)32(36)21-25-11-9-10-12-25/h6-8,13-20,22,25,33H,9-12,21,23-24H2,1-5H3. The third-order valence-electron chi connectivity index (χ3n) is 8.56. The molecule has 5 heteroatoms. The van der Waals surface area contributed by atoms with Crippen molar-refractivity contribution in [2.45, 2.75) is 90.1 Å². The summed E-state index contributed by atoms with van der Waals surface area (Å²) in [5, 5.41) is 0.0952. The van der Waals surface area contributed by atoms with Crippen molar-refractivity contribution in [3.05, 3.63) is 99.5 Å². The molecule has 0 saturated heterocycles. The van der Waals surface area contributed by atoms with Crippen molar-refractivity contribution in [2.24, 2.45) is 5.92 Å². The zero-order chi connectivity index (χ0) is 28.0. The van der Waals surface area contributed by atoms with Gasteiger partial charge in [-0.3, -0.25) is 4.79 Å². The van der Waals surface area contributed by atoms with E-state index >= 15 is 0 Å². The van der Waals surface area contributed by atoms with Crippen LogP contribution >= 0.6 is 15.9 Å². The fourth-order valence-corrected chi connectivity index (χ4v) is 6.32. The highest BCUT2D eigenvalue weighted by molar-refractivity contribution is 9.10. The van der Waals surface area contributed by atoms with Crippen molar-refractivity contribution in [1.29, 1.82) is 0 Å². The van der Waals surface area contributed by atoms with E-state index < -0.39 is 8.32 Å². The first kappa shape index (κ1) is 29.8. The van der Waals surface area contributed by atoms with Crippen molar-refractivity contribution >= 4 is 30.0 Å². The number of carbonyl (C=O) groups is 1. The van der Waals surface area contributed by atoms with E-state index in [1.54, 1.807) is 0 Å². The molecule has 1 atom stereocenters. The lowest BCUT2D eigenvalue weighted by atomic mass is 9.81. The summed E-state index contributed by atoms with van der Waals surface area (Å²) in [7, 11) is -2.01. The van der Waals surface area contributed by atoms with Crippen LogP contribution in [-0.2, 0) is 22.4 Å². The van der Waals surface area contributed by atoms with Gasteiger partial charge in [-0.15, -0.1) is 0 Å². The number of halogens is 1. The minimum Gasteiger partial charge on any atom is -0.489 e. The van der Waals surface area contributed by atoms with Gasteiger partial charge < -0.3 is 9.16 Å². The van der Waals surface area contributed by atoms with Crippen molar-refractivity contribution in [3.63, 3.8) is 0 Å². The Kier molecular flexibility index (Phi) is 9.90. The van der Waals surface area contributed by atoms with Gasteiger partial charge in [-0.2, -0.15) is 0 Å². The maximum Gasteiger partial charge on any atom is 0.192 e. The molecule has 0 aliphatic heterocycles. The van der Waals surface area contributed by atoms with Crippen LogP contribution in [0.4, 0.5) is 0 Å². The van der Waals surface area contributed by atoms with Crippen molar-refractivity contribution in [1.82, 2.24) is 0 Å². The van der Waals surface area contributed by atoms with Crippen LogP contribution in [-0.4, -0.2) is 14.1 Å². The van der Waals surface area contributed by atoms with Crippen LogP contribution in [0.3, 0.4) is 0 Å². The molecule has 1 saturated carbocycles. The molecule has 3 nitrogen and oxygen atoms in total. The lowest BCUT2D eigenvalue weighted by Crippen LogP contribution is -2.40. The number of benzene rings is 3. The quantitative estimate of drug-likeness (QED) is 0.204. The van der Waals surface area contributed by atoms with Crippen molar-refractivity contribution in [3.8, 4) is 5.75 Å². The molecule has 3 aromatic carbocycles. The van der Waals surface area contributed by atoms with Gasteiger partial charge in [0.05, 0.1) is 12.5 Å². The number of Topliss-reactive ketones (excluding diaryl/α,β-unsaturated/α-hetero) is 1. The van der Waals surface area contributed by atoms with E-state index in [9.17, 15) is 4.79 Å². The molecular formula is C34H43BrO3Si. The van der Waals surface area contributed by atoms with Gasteiger partial charge in [0.2, 0.25) is 0 Å². The van der Waals surface area contributed by atoms with Gasteiger partial charge in [-0.25, -0.2) is 0 Å². The molecular weight excluding hydrogens is 564 g/mol. The second kappa shape index (κ2) is 13.0. The van der Waals surface area contributed by atoms with Crippen molar-refractivity contribution in [2.75, 3.05) is 0 Å². The third kappa shape index (κ3) is 7.93. The van der Waals surface area contributed by atoms with Gasteiger partial charge >= 0.3 is 0 Å². The Balaban J connectivity index is 1.70. The molecule has 0 heterocycles. The highest BCUT2D eigenvalue weighted by atomic mass is 79.9. The van der Waals surface area contributed by atoms with Gasteiger partial charge in [0.1, 0.15) is 18.1 Å². The molecule has 1 aliphatic rings. The van der Waals surface area contributed by atoms with Crippen LogP contribution in [0.1, 0.15) is 81.0 Å². The molecule has 1 fully saturated rings. The molecule has 1 unspecified atom stereocenters. The van der Waals surface area contributed by atoms with Crippen LogP contribution in [0.5, 0.6) is 5.75 Å². The van der Waals surface area contributed by atoms with E-state index in [1.165, 1.54) is 12.8 Å². The van der Waals surface area contributed by atoms with Gasteiger partial charge in [-0.05, 0) is 70.6 Å². The fourth-order valence-electron chi connectivity index (χ4n) is 5.11. The van der Waals surface area contributed by atoms with Gasteiger partial charge in [0.25, 0.3) is 0 Å². The lowest BCUT2D eigenvalue weighted by molar-refractivity contribution is -0.120. The summed E-state index contributed by atoms with van der Waals surface area (Å²) in [6.07, 6.45) is 5.42. The summed E-state index contributed by atoms with van der Waals surface area (Å²) in [5.74, 6) is 1.28. The Labute approximate surface area is 244 Å². The van der Waals surface area contributed by atoms with Crippen LogP contribution in [0.2, 0.25) is 18.1 Å². The maximum absolute atomic E-state index is 14.0. The normalized spacial score (nSPS) is 15.3. The van der Waals surface area contributed by atoms with Crippen LogP contribution in [0.15, 0.2) is 77.3 Å². The van der Waals surface area contributed by atoms with Gasteiger partial charge in [0, 0.05) is 10.9 Å². The first-order valence-corrected chi connectivity index (χ1v) is 18.0. The SMILES string of the molecule is CC(C)(C)[Si](C)(C)OCc1cc(OCc2ccccc2)ccc1C(C(=O)CC1CCCC1)c1ccc(Br)cc1. The average molecular weight is 608 g/mol. The Bertz CT molecular complexity index is 1230. The highest BCUT2D eigenvalue weighted by Crippen LogP contribution is 2.40. The highest BCUT2D eigenvalue weighted by Gasteiger charge is 2.37. The Hall–Kier alpha value is -2.21. The second-order valence-corrected chi connectivity index (χ2v) is 18.2. The maximum atomic E-state index is 14.0. The van der Waals surface area contributed by atoms with Gasteiger partial charge in [-0.1, -0.05) is 111 Å². The summed E-state index contributed by atoms with van der Waals surface area (Å²) >= 11 is 3.57. The minimum absolute atomic E-state index is 0.0952. The van der Waals surface area contributed by atoms with Crippen LogP contribution in [0, 0.1) is 5.92 Å². The molecule has 0 bridgehead atoms. The summed E-state index contributed by atoms with van der Waals surface area (Å²) in [5.41, 5.74) is 4.23. The second-order valence-electron chi connectivity index (χ2n) is 12.5. The molecule has 0 amide bonds. The Morgan fingerprint density at radius 1 is 0.949 bits per heavy atom. The number of hydrogen-bond donors (Lipinski definition) is 0. The van der Waals surface area contributed by atoms with Crippen LogP contribution < -0.4 is 4.74 Å². The summed E-state index contributed by atoms with van der Waals surface area (Å²) in [6.45, 7) is 12.3. The smallest absolute Gasteiger partial charge is 0.192 e. The Morgan fingerprint density at radius 3 is 2.26 bits per heavy atom. The van der Waals surface area contributed by atoms with Crippen molar-refractivity contribution < 1.29 is 14.0 Å². The summed E-state index contributed by atoms with van der Waals surface area (Å²) in [4.78, 5) is 14.0. The zero-order valence-corrected chi connectivity index (χ0v) is 26.7. The van der Waals surface area contributed by atoms with Gasteiger partial charge in [0.15, 0.2) is 8.32 Å². The predicted octanol–water partition coefficient (Wildman–Crippen LogP) is 9.83. The molecule has 4 rings (SSSR count). The number of ketones is 1. The molecule has 0 radical (unpaired) electrons. The van der Waals surface area contributed by atoms with E-state index in [4.69, 9.17) is 9.16 Å². The van der Waals surface area contributed by atoms with E-state index in [0.29, 0.717) is 31.3 Å². The third-order valence-corrected chi connectivity index (χ3v) is 13.6. The van der Waals surface area contributed by atoms with Crippen LogP contribution in [0.25, 0.3) is 0 Å². The first-order chi connectivity index (χ1) is 18.5. The number of ether oxygens (including phenoxy) is 1. The molecule has 3 aromatic rings.